The third kappa shape index (κ3) is 3.62. The molecule has 1 saturated carbocycles. The maximum absolute atomic E-state index is 5.95. The molecule has 3 N–H and O–H groups in total. The Hall–Kier alpha value is -0.340. The van der Waals surface area contributed by atoms with Crippen molar-refractivity contribution in [1.29, 1.82) is 0 Å². The van der Waals surface area contributed by atoms with E-state index in [9.17, 15) is 0 Å². The summed E-state index contributed by atoms with van der Waals surface area (Å²) in [6.45, 7) is 9.97. The molecule has 1 aliphatic carbocycles. The molecule has 0 aliphatic heterocycles. The lowest BCUT2D eigenvalue weighted by atomic mass is 9.74. The zero-order chi connectivity index (χ0) is 11.3. The van der Waals surface area contributed by atoms with Crippen molar-refractivity contribution in [3.63, 3.8) is 0 Å². The molecule has 0 radical (unpaired) electrons. The van der Waals surface area contributed by atoms with Crippen LogP contribution in [0.15, 0.2) is 12.2 Å². The van der Waals surface area contributed by atoms with Gasteiger partial charge in [-0.25, -0.2) is 0 Å². The Bertz CT molecular complexity index is 213. The molecule has 0 amide bonds. The van der Waals surface area contributed by atoms with E-state index in [1.54, 1.807) is 0 Å². The van der Waals surface area contributed by atoms with Gasteiger partial charge in [-0.05, 0) is 25.7 Å². The maximum Gasteiger partial charge on any atom is 0.0309 e. The summed E-state index contributed by atoms with van der Waals surface area (Å²) in [6, 6.07) is 0. The fraction of sp³-hybridized carbons (Fsp3) is 0.846. The molecule has 15 heavy (non-hydrogen) atoms. The highest BCUT2D eigenvalue weighted by molar-refractivity contribution is 4.99. The molecule has 1 fully saturated rings. The lowest BCUT2D eigenvalue weighted by molar-refractivity contribution is 0.185. The Morgan fingerprint density at radius 3 is 2.87 bits per heavy atom. The van der Waals surface area contributed by atoms with Crippen LogP contribution < -0.4 is 11.1 Å². The van der Waals surface area contributed by atoms with Gasteiger partial charge >= 0.3 is 0 Å². The van der Waals surface area contributed by atoms with E-state index >= 15 is 0 Å². The molecule has 2 unspecified atom stereocenters. The molecule has 2 nitrogen and oxygen atoms in total. The SMILES string of the molecule is C=C(C)CNC1(CN)CCCC(CC)C1. The largest absolute Gasteiger partial charge is 0.329 e. The highest BCUT2D eigenvalue weighted by atomic mass is 15.0. The van der Waals surface area contributed by atoms with Gasteiger partial charge in [0, 0.05) is 18.6 Å². The summed E-state index contributed by atoms with van der Waals surface area (Å²) in [5.74, 6) is 0.861. The van der Waals surface area contributed by atoms with Crippen LogP contribution in [0.3, 0.4) is 0 Å². The van der Waals surface area contributed by atoms with E-state index in [2.05, 4.69) is 25.7 Å². The number of nitrogens with two attached hydrogens (primary N) is 1. The van der Waals surface area contributed by atoms with Gasteiger partial charge in [0.1, 0.15) is 0 Å². The summed E-state index contributed by atoms with van der Waals surface area (Å²) in [4.78, 5) is 0. The van der Waals surface area contributed by atoms with Crippen LogP contribution in [0.25, 0.3) is 0 Å². The van der Waals surface area contributed by atoms with Crippen LogP contribution >= 0.6 is 0 Å². The molecule has 2 heteroatoms. The molecule has 1 aliphatic rings. The third-order valence-electron chi connectivity index (χ3n) is 3.68. The number of hydrogen-bond acceptors (Lipinski definition) is 2. The topological polar surface area (TPSA) is 38.0 Å². The Balaban J connectivity index is 2.54. The molecule has 2 atom stereocenters. The molecule has 0 aromatic heterocycles. The number of nitrogens with one attached hydrogen (secondary N) is 1. The maximum atomic E-state index is 5.95. The Morgan fingerprint density at radius 1 is 1.60 bits per heavy atom. The second-order valence-electron chi connectivity index (χ2n) is 5.17. The first-order valence-electron chi connectivity index (χ1n) is 6.21. The minimum Gasteiger partial charge on any atom is -0.329 e. The predicted molar refractivity (Wildman–Crippen MR) is 66.9 cm³/mol. The molecule has 88 valence electrons. The minimum absolute atomic E-state index is 0.192. The molecule has 0 bridgehead atoms. The summed E-state index contributed by atoms with van der Waals surface area (Å²) in [5.41, 5.74) is 7.34. The van der Waals surface area contributed by atoms with Crippen molar-refractivity contribution in [2.45, 2.75) is 51.5 Å². The van der Waals surface area contributed by atoms with Crippen LogP contribution in [0.1, 0.15) is 46.0 Å². The van der Waals surface area contributed by atoms with Gasteiger partial charge in [0.15, 0.2) is 0 Å². The van der Waals surface area contributed by atoms with Crippen molar-refractivity contribution in [2.24, 2.45) is 11.7 Å². The Labute approximate surface area is 94.3 Å². The second kappa shape index (κ2) is 5.66. The predicted octanol–water partition coefficient (Wildman–Crippen LogP) is 2.45. The van der Waals surface area contributed by atoms with E-state index in [0.29, 0.717) is 0 Å². The highest BCUT2D eigenvalue weighted by Gasteiger charge is 2.33. The summed E-state index contributed by atoms with van der Waals surface area (Å²) in [7, 11) is 0. The standard InChI is InChI=1S/C13H26N2/c1-4-12-6-5-7-13(8-12,10-14)15-9-11(2)3/h12,15H,2,4-10,14H2,1,3H3. The molecular formula is C13H26N2. The van der Waals surface area contributed by atoms with Crippen molar-refractivity contribution in [3.05, 3.63) is 12.2 Å². The van der Waals surface area contributed by atoms with E-state index in [4.69, 9.17) is 5.73 Å². The summed E-state index contributed by atoms with van der Waals surface area (Å²) >= 11 is 0. The summed E-state index contributed by atoms with van der Waals surface area (Å²) < 4.78 is 0. The first-order chi connectivity index (χ1) is 7.12. The second-order valence-corrected chi connectivity index (χ2v) is 5.17. The first kappa shape index (κ1) is 12.7. The molecule has 0 aromatic carbocycles. The van der Waals surface area contributed by atoms with Crippen molar-refractivity contribution in [2.75, 3.05) is 13.1 Å². The summed E-state index contributed by atoms with van der Waals surface area (Å²) in [5, 5.41) is 3.62. The quantitative estimate of drug-likeness (QED) is 0.684. The molecule has 0 heterocycles. The average molecular weight is 210 g/mol. The van der Waals surface area contributed by atoms with Gasteiger partial charge in [-0.1, -0.05) is 38.3 Å². The molecule has 0 saturated heterocycles. The van der Waals surface area contributed by atoms with E-state index in [0.717, 1.165) is 19.0 Å². The fourth-order valence-electron chi connectivity index (χ4n) is 2.59. The van der Waals surface area contributed by atoms with Gasteiger partial charge in [0.25, 0.3) is 0 Å². The minimum atomic E-state index is 0.192. The molecule has 0 spiro atoms. The Morgan fingerprint density at radius 2 is 2.33 bits per heavy atom. The monoisotopic (exact) mass is 210 g/mol. The highest BCUT2D eigenvalue weighted by Crippen LogP contribution is 2.33. The van der Waals surface area contributed by atoms with Crippen LogP contribution in [-0.2, 0) is 0 Å². The van der Waals surface area contributed by atoms with E-state index in [1.165, 1.54) is 37.7 Å². The number of hydrogen-bond donors (Lipinski definition) is 2. The fourth-order valence-corrected chi connectivity index (χ4v) is 2.59. The normalized spacial score (nSPS) is 31.5. The van der Waals surface area contributed by atoms with E-state index < -0.39 is 0 Å². The van der Waals surface area contributed by atoms with Gasteiger partial charge < -0.3 is 11.1 Å². The van der Waals surface area contributed by atoms with E-state index in [1.807, 2.05) is 0 Å². The van der Waals surface area contributed by atoms with Crippen molar-refractivity contribution in [3.8, 4) is 0 Å². The molecular weight excluding hydrogens is 184 g/mol. The third-order valence-corrected chi connectivity index (χ3v) is 3.68. The Kier molecular flexibility index (Phi) is 4.81. The smallest absolute Gasteiger partial charge is 0.0309 e. The lowest BCUT2D eigenvalue weighted by Gasteiger charge is -2.41. The molecule has 1 rings (SSSR count). The van der Waals surface area contributed by atoms with Gasteiger partial charge in [-0.2, -0.15) is 0 Å². The van der Waals surface area contributed by atoms with Crippen LogP contribution in [0, 0.1) is 5.92 Å². The average Bonchev–Trinajstić information content (AvgIpc) is 2.26. The first-order valence-corrected chi connectivity index (χ1v) is 6.21. The summed E-state index contributed by atoms with van der Waals surface area (Å²) in [6.07, 6.45) is 6.46. The van der Waals surface area contributed by atoms with Gasteiger partial charge in [0.2, 0.25) is 0 Å². The van der Waals surface area contributed by atoms with E-state index in [-0.39, 0.29) is 5.54 Å². The molecule has 0 aromatic rings. The van der Waals surface area contributed by atoms with Crippen LogP contribution in [-0.4, -0.2) is 18.6 Å². The lowest BCUT2D eigenvalue weighted by Crippen LogP contribution is -2.54. The van der Waals surface area contributed by atoms with Crippen LogP contribution in [0.2, 0.25) is 0 Å². The number of rotatable bonds is 5. The van der Waals surface area contributed by atoms with Crippen molar-refractivity contribution < 1.29 is 0 Å². The van der Waals surface area contributed by atoms with Gasteiger partial charge in [0.05, 0.1) is 0 Å². The van der Waals surface area contributed by atoms with Crippen LogP contribution in [0.5, 0.6) is 0 Å². The zero-order valence-electron chi connectivity index (χ0n) is 10.3. The van der Waals surface area contributed by atoms with Crippen molar-refractivity contribution in [1.82, 2.24) is 5.32 Å². The van der Waals surface area contributed by atoms with Gasteiger partial charge in [-0.3, -0.25) is 0 Å². The van der Waals surface area contributed by atoms with Gasteiger partial charge in [-0.15, -0.1) is 0 Å². The zero-order valence-corrected chi connectivity index (χ0v) is 10.3. The van der Waals surface area contributed by atoms with Crippen molar-refractivity contribution >= 4 is 0 Å². The van der Waals surface area contributed by atoms with Crippen LogP contribution in [0.4, 0.5) is 0 Å².